The second kappa shape index (κ2) is 15.3. The smallest absolute Gasteiger partial charge is 0.406 e. The number of amides is 3. The molecular formula is C26H40ClFN4O5. The number of nitrogens with one attached hydrogen (secondary N) is 3. The minimum Gasteiger partial charge on any atom is -0.453 e. The fourth-order valence-corrected chi connectivity index (χ4v) is 5.34. The maximum Gasteiger partial charge on any atom is 0.406 e. The Hall–Kier alpha value is -2.14. The first-order valence-corrected chi connectivity index (χ1v) is 13.5. The van der Waals surface area contributed by atoms with Crippen molar-refractivity contribution in [3.63, 3.8) is 0 Å². The van der Waals surface area contributed by atoms with Crippen LogP contribution < -0.4 is 16.0 Å². The zero-order chi connectivity index (χ0) is 26.6. The van der Waals surface area contributed by atoms with Gasteiger partial charge in [-0.25, -0.2) is 14.0 Å². The molecule has 3 rings (SSSR count). The molecule has 0 radical (unpaired) electrons. The lowest BCUT2D eigenvalue weighted by Gasteiger charge is -2.38. The van der Waals surface area contributed by atoms with E-state index < -0.39 is 18.0 Å². The van der Waals surface area contributed by atoms with Gasteiger partial charge in [0.1, 0.15) is 5.82 Å². The normalized spacial score (nSPS) is 20.2. The van der Waals surface area contributed by atoms with Crippen LogP contribution in [0.1, 0.15) is 43.8 Å². The number of hydrogen-bond acceptors (Lipinski definition) is 6. The maximum absolute atomic E-state index is 15.0. The zero-order valence-corrected chi connectivity index (χ0v) is 22.5. The number of methoxy groups -OCH3 is 1. The summed E-state index contributed by atoms with van der Waals surface area (Å²) in [7, 11) is 3.17. The number of piperidine rings is 1. The summed E-state index contributed by atoms with van der Waals surface area (Å²) in [5.74, 6) is -0.130. The van der Waals surface area contributed by atoms with Gasteiger partial charge in [0.05, 0.1) is 24.8 Å². The molecule has 0 spiro atoms. The van der Waals surface area contributed by atoms with Crippen molar-refractivity contribution in [2.75, 3.05) is 60.2 Å². The molecule has 2 aliphatic rings. The molecule has 2 fully saturated rings. The van der Waals surface area contributed by atoms with E-state index in [0.29, 0.717) is 31.1 Å². The largest absolute Gasteiger partial charge is 0.453 e. The molecule has 1 aromatic rings. The van der Waals surface area contributed by atoms with Crippen LogP contribution in [0.2, 0.25) is 5.02 Å². The number of urea groups is 1. The number of halogens is 2. The Morgan fingerprint density at radius 1 is 1.27 bits per heavy atom. The molecule has 3 amide bonds. The number of likely N-dealkylation sites (tertiary alicyclic amines) is 1. The van der Waals surface area contributed by atoms with Crippen LogP contribution in [0.3, 0.4) is 0 Å². The summed E-state index contributed by atoms with van der Waals surface area (Å²) >= 11 is 6.07. The SMILES string of the molecule is CNCC(CC1CCOCC1)NC(=O)N1CCCC(C(OCCNC(=O)OC)c2cccc(Cl)c2F)C1. The van der Waals surface area contributed by atoms with Gasteiger partial charge in [-0.3, -0.25) is 0 Å². The average Bonchev–Trinajstić information content (AvgIpc) is 2.91. The molecule has 9 nitrogen and oxygen atoms in total. The van der Waals surface area contributed by atoms with Crippen molar-refractivity contribution in [2.45, 2.75) is 44.2 Å². The van der Waals surface area contributed by atoms with Crippen LogP contribution in [-0.2, 0) is 14.2 Å². The van der Waals surface area contributed by atoms with Gasteiger partial charge in [0.2, 0.25) is 0 Å². The third kappa shape index (κ3) is 8.98. The maximum atomic E-state index is 15.0. The lowest BCUT2D eigenvalue weighted by Crippen LogP contribution is -2.52. The number of rotatable bonds is 11. The summed E-state index contributed by atoms with van der Waals surface area (Å²) in [5, 5.41) is 8.99. The van der Waals surface area contributed by atoms with E-state index in [-0.39, 0.29) is 36.2 Å². The molecule has 1 aromatic carbocycles. The average molecular weight is 543 g/mol. The number of benzene rings is 1. The highest BCUT2D eigenvalue weighted by Gasteiger charge is 2.33. The molecule has 0 bridgehead atoms. The van der Waals surface area contributed by atoms with Crippen LogP contribution in [0.25, 0.3) is 0 Å². The highest BCUT2D eigenvalue weighted by molar-refractivity contribution is 6.30. The standard InChI is InChI=1S/C26H40ClFN4O5/c1-29-16-20(15-18-8-12-36-13-9-18)31-25(33)32-11-4-5-19(17-32)24(37-14-10-30-26(34)35-2)21-6-3-7-22(27)23(21)28/h3,6-7,18-20,24,29H,4-5,8-17H2,1-2H3,(H,30,34)(H,31,33). The van der Waals surface area contributed by atoms with Crippen LogP contribution in [0.4, 0.5) is 14.0 Å². The van der Waals surface area contributed by atoms with Crippen molar-refractivity contribution in [1.29, 1.82) is 0 Å². The van der Waals surface area contributed by atoms with E-state index in [1.54, 1.807) is 17.0 Å². The molecule has 3 unspecified atom stereocenters. The topological polar surface area (TPSA) is 101 Å². The monoisotopic (exact) mass is 542 g/mol. The van der Waals surface area contributed by atoms with Crippen molar-refractivity contribution >= 4 is 23.7 Å². The molecular weight excluding hydrogens is 503 g/mol. The number of alkyl carbamates (subject to hydrolysis) is 1. The Kier molecular flexibility index (Phi) is 12.2. The number of likely N-dealkylation sites (N-methyl/N-ethyl adjacent to an activating group) is 1. The number of hydrogen-bond donors (Lipinski definition) is 3. The summed E-state index contributed by atoms with van der Waals surface area (Å²) in [6.07, 6.45) is 3.29. The molecule has 3 N–H and O–H groups in total. The highest BCUT2D eigenvalue weighted by atomic mass is 35.5. The lowest BCUT2D eigenvalue weighted by molar-refractivity contribution is -0.0106. The molecule has 3 atom stereocenters. The van der Waals surface area contributed by atoms with E-state index in [4.69, 9.17) is 21.1 Å². The molecule has 2 saturated heterocycles. The van der Waals surface area contributed by atoms with Gasteiger partial charge in [0, 0.05) is 56.9 Å². The number of nitrogens with zero attached hydrogens (tertiary/aromatic N) is 1. The van der Waals surface area contributed by atoms with E-state index >= 15 is 4.39 Å². The molecule has 0 aliphatic carbocycles. The summed E-state index contributed by atoms with van der Waals surface area (Å²) in [4.78, 5) is 26.5. The first kappa shape index (κ1) is 29.4. The summed E-state index contributed by atoms with van der Waals surface area (Å²) in [6.45, 7) is 3.65. The van der Waals surface area contributed by atoms with Gasteiger partial charge in [0.25, 0.3) is 0 Å². The quantitative estimate of drug-likeness (QED) is 0.368. The molecule has 2 aliphatic heterocycles. The van der Waals surface area contributed by atoms with Crippen LogP contribution in [0, 0.1) is 17.7 Å². The van der Waals surface area contributed by atoms with E-state index in [9.17, 15) is 9.59 Å². The molecule has 37 heavy (non-hydrogen) atoms. The lowest BCUT2D eigenvalue weighted by atomic mass is 9.88. The molecule has 2 heterocycles. The van der Waals surface area contributed by atoms with Crippen molar-refractivity contribution in [1.82, 2.24) is 20.9 Å². The van der Waals surface area contributed by atoms with Gasteiger partial charge in [-0.15, -0.1) is 0 Å². The van der Waals surface area contributed by atoms with Crippen LogP contribution in [-0.4, -0.2) is 83.2 Å². The Morgan fingerprint density at radius 2 is 2.05 bits per heavy atom. The van der Waals surface area contributed by atoms with E-state index in [1.807, 2.05) is 7.05 Å². The Morgan fingerprint density at radius 3 is 2.78 bits per heavy atom. The second-order valence-corrected chi connectivity index (χ2v) is 10.1. The minimum absolute atomic E-state index is 0.0165. The summed E-state index contributed by atoms with van der Waals surface area (Å²) < 4.78 is 31.2. The summed E-state index contributed by atoms with van der Waals surface area (Å²) in [6, 6.07) is 4.75. The zero-order valence-electron chi connectivity index (χ0n) is 21.8. The Labute approximate surface area is 223 Å². The van der Waals surface area contributed by atoms with Gasteiger partial charge in [-0.1, -0.05) is 23.7 Å². The van der Waals surface area contributed by atoms with Crippen molar-refractivity contribution in [3.8, 4) is 0 Å². The first-order chi connectivity index (χ1) is 17.9. The van der Waals surface area contributed by atoms with Crippen molar-refractivity contribution < 1.29 is 28.2 Å². The van der Waals surface area contributed by atoms with E-state index in [2.05, 4.69) is 20.7 Å². The Bertz CT molecular complexity index is 873. The minimum atomic E-state index is -0.621. The van der Waals surface area contributed by atoms with Gasteiger partial charge in [0.15, 0.2) is 0 Å². The van der Waals surface area contributed by atoms with Crippen LogP contribution in [0.5, 0.6) is 0 Å². The Balaban J connectivity index is 1.66. The predicted octanol–water partition coefficient (Wildman–Crippen LogP) is 3.72. The highest BCUT2D eigenvalue weighted by Crippen LogP contribution is 2.36. The van der Waals surface area contributed by atoms with E-state index in [1.165, 1.54) is 13.2 Å². The number of ether oxygens (including phenoxy) is 3. The predicted molar refractivity (Wildman–Crippen MR) is 139 cm³/mol. The third-order valence-corrected chi connectivity index (χ3v) is 7.34. The van der Waals surface area contributed by atoms with E-state index in [0.717, 1.165) is 45.3 Å². The van der Waals surface area contributed by atoms with Gasteiger partial charge < -0.3 is 35.1 Å². The molecule has 0 saturated carbocycles. The number of carbonyl (C=O) groups excluding carboxylic acids is 2. The van der Waals surface area contributed by atoms with Crippen LogP contribution in [0.15, 0.2) is 18.2 Å². The van der Waals surface area contributed by atoms with Crippen molar-refractivity contribution in [3.05, 3.63) is 34.6 Å². The fourth-order valence-electron chi connectivity index (χ4n) is 5.16. The first-order valence-electron chi connectivity index (χ1n) is 13.1. The van der Waals surface area contributed by atoms with Crippen molar-refractivity contribution in [2.24, 2.45) is 11.8 Å². The van der Waals surface area contributed by atoms with Gasteiger partial charge >= 0.3 is 12.1 Å². The molecule has 0 aromatic heterocycles. The van der Waals surface area contributed by atoms with Gasteiger partial charge in [-0.05, 0) is 51.1 Å². The molecule has 208 valence electrons. The summed E-state index contributed by atoms with van der Waals surface area (Å²) in [5.41, 5.74) is 0.352. The fraction of sp³-hybridized carbons (Fsp3) is 0.692. The molecule has 11 heteroatoms. The number of carbonyl (C=O) groups is 2. The second-order valence-electron chi connectivity index (χ2n) is 9.70. The third-order valence-electron chi connectivity index (χ3n) is 7.05. The van der Waals surface area contributed by atoms with Crippen LogP contribution >= 0.6 is 11.6 Å². The van der Waals surface area contributed by atoms with Gasteiger partial charge in [-0.2, -0.15) is 0 Å².